The normalized spacial score (nSPS) is 23.7. The number of amides is 2. The van der Waals surface area contributed by atoms with Gasteiger partial charge in [0, 0.05) is 6.54 Å². The van der Waals surface area contributed by atoms with Gasteiger partial charge >= 0.3 is 12.1 Å². The molecule has 204 valence electrons. The van der Waals surface area contributed by atoms with E-state index in [1.165, 1.54) is 0 Å². The zero-order chi connectivity index (χ0) is 27.0. The van der Waals surface area contributed by atoms with Gasteiger partial charge < -0.3 is 19.1 Å². The summed E-state index contributed by atoms with van der Waals surface area (Å²) < 4.78 is 18.6. The first kappa shape index (κ1) is 26.2. The number of hydrogen-bond donors (Lipinski definition) is 0. The van der Waals surface area contributed by atoms with Gasteiger partial charge in [0.25, 0.3) is 0 Å². The molecule has 3 aliphatic rings. The van der Waals surface area contributed by atoms with Gasteiger partial charge in [-0.15, -0.1) is 0 Å². The van der Waals surface area contributed by atoms with Crippen LogP contribution in [0.25, 0.3) is 0 Å². The highest BCUT2D eigenvalue weighted by Crippen LogP contribution is 2.32. The van der Waals surface area contributed by atoms with Gasteiger partial charge in [-0.05, 0) is 33.3 Å². The monoisotopic (exact) mass is 525 g/mol. The number of ether oxygens (including phenoxy) is 3. The predicted octanol–water partition coefficient (Wildman–Crippen LogP) is 2.18. The number of carbonyl (C=O) groups excluding carboxylic acids is 3. The molecule has 0 N–H and O–H groups in total. The fourth-order valence-corrected chi connectivity index (χ4v) is 5.18. The first-order valence-electron chi connectivity index (χ1n) is 13.0. The third-order valence-corrected chi connectivity index (χ3v) is 7.09. The Hall–Kier alpha value is -3.44. The highest BCUT2D eigenvalue weighted by atomic mass is 16.6. The van der Waals surface area contributed by atoms with Gasteiger partial charge in [0.2, 0.25) is 5.91 Å². The van der Waals surface area contributed by atoms with E-state index in [4.69, 9.17) is 14.2 Å². The topological polar surface area (TPSA) is 106 Å². The molecule has 1 aromatic heterocycles. The van der Waals surface area contributed by atoms with Gasteiger partial charge in [0.1, 0.15) is 18.2 Å². The third kappa shape index (κ3) is 5.39. The standard InChI is InChI=1S/C27H35N5O6/c1-18-11-32-22(13-29(18)26(35)38-27(2,3)4)21(10-28-32)31-12-20-16-36-17-23(25(31)34)30(20)14-24(33)37-15-19-8-6-5-7-9-19/h5-10,18,20,23H,11-17H2,1-4H3/t18-,20?,23?/m0/s1. The summed E-state index contributed by atoms with van der Waals surface area (Å²) in [7, 11) is 0. The lowest BCUT2D eigenvalue weighted by Gasteiger charge is -2.48. The van der Waals surface area contributed by atoms with Crippen LogP contribution in [-0.2, 0) is 43.5 Å². The summed E-state index contributed by atoms with van der Waals surface area (Å²) in [5.74, 6) is -0.535. The number of morpholine rings is 1. The van der Waals surface area contributed by atoms with Crippen LogP contribution in [0.4, 0.5) is 10.5 Å². The van der Waals surface area contributed by atoms with Crippen molar-refractivity contribution in [2.75, 3.05) is 31.2 Å². The highest BCUT2D eigenvalue weighted by molar-refractivity contribution is 5.99. The van der Waals surface area contributed by atoms with E-state index in [9.17, 15) is 14.4 Å². The fourth-order valence-electron chi connectivity index (χ4n) is 5.18. The highest BCUT2D eigenvalue weighted by Gasteiger charge is 2.46. The Balaban J connectivity index is 1.29. The molecule has 2 saturated heterocycles. The second kappa shape index (κ2) is 10.4. The van der Waals surface area contributed by atoms with Crippen molar-refractivity contribution in [3.63, 3.8) is 0 Å². The number of nitrogens with zero attached hydrogens (tertiary/aromatic N) is 5. The van der Waals surface area contributed by atoms with E-state index in [1.807, 2.05) is 67.6 Å². The van der Waals surface area contributed by atoms with Crippen molar-refractivity contribution >= 4 is 23.7 Å². The fraction of sp³-hybridized carbons (Fsp3) is 0.556. The summed E-state index contributed by atoms with van der Waals surface area (Å²) in [5.41, 5.74) is 1.77. The summed E-state index contributed by atoms with van der Waals surface area (Å²) in [6, 6.07) is 8.61. The van der Waals surface area contributed by atoms with Crippen molar-refractivity contribution in [1.82, 2.24) is 19.6 Å². The Morgan fingerprint density at radius 1 is 1.13 bits per heavy atom. The molecule has 5 rings (SSSR count). The molecule has 2 aromatic rings. The number of rotatable bonds is 5. The van der Waals surface area contributed by atoms with Gasteiger partial charge in [-0.1, -0.05) is 30.3 Å². The molecule has 0 saturated carbocycles. The van der Waals surface area contributed by atoms with Crippen LogP contribution in [0.15, 0.2) is 36.5 Å². The molecule has 38 heavy (non-hydrogen) atoms. The molecule has 2 fully saturated rings. The van der Waals surface area contributed by atoms with E-state index in [0.717, 1.165) is 11.3 Å². The summed E-state index contributed by atoms with van der Waals surface area (Å²) in [4.78, 5) is 44.5. The largest absolute Gasteiger partial charge is 0.460 e. The second-order valence-corrected chi connectivity index (χ2v) is 11.1. The summed E-state index contributed by atoms with van der Waals surface area (Å²) >= 11 is 0. The zero-order valence-electron chi connectivity index (χ0n) is 22.3. The van der Waals surface area contributed by atoms with Crippen LogP contribution in [0.1, 0.15) is 39.0 Å². The predicted molar refractivity (Wildman–Crippen MR) is 137 cm³/mol. The lowest BCUT2D eigenvalue weighted by Crippen LogP contribution is -2.68. The quantitative estimate of drug-likeness (QED) is 0.547. The van der Waals surface area contributed by atoms with Crippen LogP contribution in [0.5, 0.6) is 0 Å². The van der Waals surface area contributed by atoms with Crippen LogP contribution in [0.2, 0.25) is 0 Å². The number of fused-ring (bicyclic) bond motifs is 3. The maximum Gasteiger partial charge on any atom is 0.410 e. The minimum atomic E-state index is -0.608. The molecular weight excluding hydrogens is 490 g/mol. The van der Waals surface area contributed by atoms with E-state index in [2.05, 4.69) is 5.10 Å². The van der Waals surface area contributed by atoms with Crippen molar-refractivity contribution in [1.29, 1.82) is 0 Å². The van der Waals surface area contributed by atoms with E-state index >= 15 is 0 Å². The van der Waals surface area contributed by atoms with Crippen LogP contribution in [0, 0.1) is 0 Å². The average Bonchev–Trinajstić information content (AvgIpc) is 3.26. The molecular formula is C27H35N5O6. The minimum absolute atomic E-state index is 0.0150. The molecule has 0 aliphatic carbocycles. The van der Waals surface area contributed by atoms with Gasteiger partial charge in [0.05, 0.1) is 62.5 Å². The molecule has 11 nitrogen and oxygen atoms in total. The van der Waals surface area contributed by atoms with Crippen LogP contribution >= 0.6 is 0 Å². The van der Waals surface area contributed by atoms with Gasteiger partial charge in [-0.3, -0.25) is 24.1 Å². The molecule has 2 amide bonds. The maximum absolute atomic E-state index is 13.7. The molecule has 0 spiro atoms. The van der Waals surface area contributed by atoms with E-state index < -0.39 is 11.6 Å². The van der Waals surface area contributed by atoms with Crippen LogP contribution in [0.3, 0.4) is 0 Å². The first-order chi connectivity index (χ1) is 18.1. The molecule has 3 atom stereocenters. The number of esters is 1. The molecule has 2 bridgehead atoms. The van der Waals surface area contributed by atoms with Crippen molar-refractivity contribution in [3.05, 3.63) is 47.8 Å². The van der Waals surface area contributed by atoms with E-state index in [0.29, 0.717) is 25.4 Å². The average molecular weight is 526 g/mol. The molecule has 0 radical (unpaired) electrons. The Bertz CT molecular complexity index is 1190. The van der Waals surface area contributed by atoms with Crippen molar-refractivity contribution in [2.24, 2.45) is 0 Å². The lowest BCUT2D eigenvalue weighted by atomic mass is 10.0. The molecule has 4 heterocycles. The van der Waals surface area contributed by atoms with E-state index in [-0.39, 0.29) is 56.4 Å². The molecule has 3 aliphatic heterocycles. The number of benzene rings is 1. The van der Waals surface area contributed by atoms with E-state index in [1.54, 1.807) is 16.0 Å². The van der Waals surface area contributed by atoms with Gasteiger partial charge in [0.15, 0.2) is 0 Å². The van der Waals surface area contributed by atoms with Crippen molar-refractivity contribution in [3.8, 4) is 0 Å². The SMILES string of the molecule is C[C@H]1Cn2ncc(N3CC4COCC(C3=O)N4CC(=O)OCc3ccccc3)c2CN1C(=O)OC(C)(C)C. The Labute approximate surface area is 222 Å². The summed E-state index contributed by atoms with van der Waals surface area (Å²) in [6.45, 7) is 9.42. The Morgan fingerprint density at radius 3 is 2.63 bits per heavy atom. The summed E-state index contributed by atoms with van der Waals surface area (Å²) in [5, 5.41) is 4.52. The van der Waals surface area contributed by atoms with Crippen molar-refractivity contribution in [2.45, 2.75) is 71.1 Å². The molecule has 1 aromatic carbocycles. The van der Waals surface area contributed by atoms with Gasteiger partial charge in [-0.2, -0.15) is 5.10 Å². The number of hydrogen-bond acceptors (Lipinski definition) is 8. The second-order valence-electron chi connectivity index (χ2n) is 11.1. The third-order valence-electron chi connectivity index (χ3n) is 7.09. The number of piperazine rings is 1. The van der Waals surface area contributed by atoms with Crippen LogP contribution < -0.4 is 4.90 Å². The Morgan fingerprint density at radius 2 is 1.89 bits per heavy atom. The molecule has 2 unspecified atom stereocenters. The van der Waals surface area contributed by atoms with Gasteiger partial charge in [-0.25, -0.2) is 4.79 Å². The number of aromatic nitrogens is 2. The Kier molecular flexibility index (Phi) is 7.15. The van der Waals surface area contributed by atoms with Crippen molar-refractivity contribution < 1.29 is 28.6 Å². The zero-order valence-corrected chi connectivity index (χ0v) is 22.3. The first-order valence-corrected chi connectivity index (χ1v) is 13.0. The maximum atomic E-state index is 13.7. The minimum Gasteiger partial charge on any atom is -0.460 e. The number of anilines is 1. The smallest absolute Gasteiger partial charge is 0.410 e. The van der Waals surface area contributed by atoms with Crippen LogP contribution in [-0.4, -0.2) is 87.6 Å². The molecule has 11 heteroatoms. The lowest BCUT2D eigenvalue weighted by molar-refractivity contribution is -0.155. The number of carbonyl (C=O) groups is 3. The summed E-state index contributed by atoms with van der Waals surface area (Å²) in [6.07, 6.45) is 1.30.